The lowest BCUT2D eigenvalue weighted by Gasteiger charge is -2.11. The van der Waals surface area contributed by atoms with Crippen LogP contribution < -0.4 is 10.5 Å². The highest BCUT2D eigenvalue weighted by Crippen LogP contribution is 2.24. The molecule has 0 saturated carbocycles. The first-order valence-corrected chi connectivity index (χ1v) is 6.12. The molecular weight excluding hydrogens is 283 g/mol. The maximum atomic E-state index is 13.1. The maximum absolute atomic E-state index is 13.1. The van der Waals surface area contributed by atoms with Gasteiger partial charge in [0.2, 0.25) is 0 Å². The first-order valence-electron chi connectivity index (χ1n) is 5.75. The molecule has 0 bridgehead atoms. The van der Waals surface area contributed by atoms with E-state index in [0.29, 0.717) is 21.9 Å². The number of nitrogens with zero attached hydrogens (tertiary/aromatic N) is 1. The highest BCUT2D eigenvalue weighted by atomic mass is 35.5. The highest BCUT2D eigenvalue weighted by Gasteiger charge is 2.09. The molecule has 0 unspecified atom stereocenters. The number of oxime groups is 1. The zero-order valence-electron chi connectivity index (χ0n) is 10.4. The monoisotopic (exact) mass is 294 g/mol. The SMILES string of the molecule is N/C(=N/O)c1ccc(Cl)cc1OCc1cccc(F)c1. The van der Waals surface area contributed by atoms with Crippen LogP contribution >= 0.6 is 11.6 Å². The molecule has 0 aliphatic heterocycles. The van der Waals surface area contributed by atoms with E-state index in [4.69, 9.17) is 27.3 Å². The standard InChI is InChI=1S/C14H12ClFN2O2/c15-10-4-5-12(14(17)18-19)13(7-10)20-8-9-2-1-3-11(16)6-9/h1-7,19H,8H2,(H2,17,18). The quantitative estimate of drug-likeness (QED) is 0.394. The van der Waals surface area contributed by atoms with Crippen molar-refractivity contribution in [2.75, 3.05) is 0 Å². The molecule has 104 valence electrons. The molecule has 2 rings (SSSR count). The normalized spacial score (nSPS) is 11.4. The van der Waals surface area contributed by atoms with Gasteiger partial charge in [-0.1, -0.05) is 28.9 Å². The van der Waals surface area contributed by atoms with Gasteiger partial charge in [-0.15, -0.1) is 0 Å². The van der Waals surface area contributed by atoms with Gasteiger partial charge in [0, 0.05) is 5.02 Å². The minimum absolute atomic E-state index is 0.0871. The Kier molecular flexibility index (Phi) is 4.42. The van der Waals surface area contributed by atoms with E-state index >= 15 is 0 Å². The molecule has 0 aromatic heterocycles. The van der Waals surface area contributed by atoms with Crippen molar-refractivity contribution >= 4 is 17.4 Å². The van der Waals surface area contributed by atoms with E-state index in [9.17, 15) is 4.39 Å². The van der Waals surface area contributed by atoms with Crippen LogP contribution in [0.5, 0.6) is 5.75 Å². The Morgan fingerprint density at radius 1 is 1.30 bits per heavy atom. The predicted molar refractivity (Wildman–Crippen MR) is 74.7 cm³/mol. The summed E-state index contributed by atoms with van der Waals surface area (Å²) >= 11 is 5.89. The molecule has 2 aromatic rings. The van der Waals surface area contributed by atoms with Crippen LogP contribution in [0.1, 0.15) is 11.1 Å². The van der Waals surface area contributed by atoms with Gasteiger partial charge in [0.1, 0.15) is 18.2 Å². The Morgan fingerprint density at radius 3 is 2.80 bits per heavy atom. The van der Waals surface area contributed by atoms with Gasteiger partial charge in [0.25, 0.3) is 0 Å². The largest absolute Gasteiger partial charge is 0.488 e. The fraction of sp³-hybridized carbons (Fsp3) is 0.0714. The van der Waals surface area contributed by atoms with Gasteiger partial charge >= 0.3 is 0 Å². The Balaban J connectivity index is 2.22. The summed E-state index contributed by atoms with van der Waals surface area (Å²) in [5.41, 5.74) is 6.63. The molecule has 0 radical (unpaired) electrons. The van der Waals surface area contributed by atoms with Crippen molar-refractivity contribution in [1.29, 1.82) is 0 Å². The fourth-order valence-electron chi connectivity index (χ4n) is 1.67. The van der Waals surface area contributed by atoms with Crippen molar-refractivity contribution in [2.24, 2.45) is 10.9 Å². The number of halogens is 2. The van der Waals surface area contributed by atoms with E-state index < -0.39 is 0 Å². The van der Waals surface area contributed by atoms with Crippen molar-refractivity contribution < 1.29 is 14.3 Å². The summed E-state index contributed by atoms with van der Waals surface area (Å²) in [5.74, 6) is -0.0678. The summed E-state index contributed by atoms with van der Waals surface area (Å²) in [6.07, 6.45) is 0. The van der Waals surface area contributed by atoms with E-state index in [0.717, 1.165) is 0 Å². The summed E-state index contributed by atoms with van der Waals surface area (Å²) in [5, 5.41) is 12.1. The van der Waals surface area contributed by atoms with E-state index in [-0.39, 0.29) is 18.3 Å². The average molecular weight is 295 g/mol. The lowest BCUT2D eigenvalue weighted by molar-refractivity contribution is 0.302. The van der Waals surface area contributed by atoms with Crippen LogP contribution in [0.25, 0.3) is 0 Å². The summed E-state index contributed by atoms with van der Waals surface area (Å²) < 4.78 is 18.6. The number of nitrogens with two attached hydrogens (primary N) is 1. The summed E-state index contributed by atoms with van der Waals surface area (Å²) in [6, 6.07) is 10.8. The van der Waals surface area contributed by atoms with Crippen molar-refractivity contribution in [2.45, 2.75) is 6.61 Å². The van der Waals surface area contributed by atoms with Gasteiger partial charge in [0.15, 0.2) is 5.84 Å². The maximum Gasteiger partial charge on any atom is 0.173 e. The zero-order chi connectivity index (χ0) is 14.5. The Hall–Kier alpha value is -2.27. The third kappa shape index (κ3) is 3.39. The second-order valence-electron chi connectivity index (χ2n) is 4.04. The van der Waals surface area contributed by atoms with E-state index in [1.807, 2.05) is 0 Å². The van der Waals surface area contributed by atoms with Crippen molar-refractivity contribution in [1.82, 2.24) is 0 Å². The minimum atomic E-state index is -0.339. The third-order valence-electron chi connectivity index (χ3n) is 2.61. The van der Waals surface area contributed by atoms with E-state index in [1.54, 1.807) is 30.3 Å². The summed E-state index contributed by atoms with van der Waals surface area (Å²) in [6.45, 7) is 0.143. The molecule has 0 aliphatic rings. The molecule has 6 heteroatoms. The van der Waals surface area contributed by atoms with Crippen LogP contribution in [0.3, 0.4) is 0 Å². The average Bonchev–Trinajstić information content (AvgIpc) is 2.44. The van der Waals surface area contributed by atoms with Gasteiger partial charge in [-0.05, 0) is 35.9 Å². The van der Waals surface area contributed by atoms with Crippen molar-refractivity contribution in [3.63, 3.8) is 0 Å². The molecule has 0 fully saturated rings. The Labute approximate surface area is 120 Å². The summed E-state index contributed by atoms with van der Waals surface area (Å²) in [4.78, 5) is 0. The molecule has 0 saturated heterocycles. The van der Waals surface area contributed by atoms with Crippen LogP contribution in [0.15, 0.2) is 47.6 Å². The van der Waals surface area contributed by atoms with Gasteiger partial charge in [-0.2, -0.15) is 0 Å². The van der Waals surface area contributed by atoms with Crippen LogP contribution in [0.2, 0.25) is 5.02 Å². The molecular formula is C14H12ClFN2O2. The van der Waals surface area contributed by atoms with Crippen LogP contribution in [0, 0.1) is 5.82 Å². The predicted octanol–water partition coefficient (Wildman–Crippen LogP) is 3.15. The number of ether oxygens (including phenoxy) is 1. The van der Waals surface area contributed by atoms with Gasteiger partial charge in [-0.3, -0.25) is 0 Å². The van der Waals surface area contributed by atoms with E-state index in [2.05, 4.69) is 5.16 Å². The third-order valence-corrected chi connectivity index (χ3v) is 2.85. The number of hydrogen-bond acceptors (Lipinski definition) is 3. The lowest BCUT2D eigenvalue weighted by Crippen LogP contribution is -2.14. The molecule has 0 heterocycles. The minimum Gasteiger partial charge on any atom is -0.488 e. The smallest absolute Gasteiger partial charge is 0.173 e. The molecule has 0 atom stereocenters. The molecule has 0 amide bonds. The number of benzene rings is 2. The highest BCUT2D eigenvalue weighted by molar-refractivity contribution is 6.30. The number of amidine groups is 1. The second-order valence-corrected chi connectivity index (χ2v) is 4.48. The van der Waals surface area contributed by atoms with Crippen LogP contribution in [-0.4, -0.2) is 11.0 Å². The van der Waals surface area contributed by atoms with Gasteiger partial charge < -0.3 is 15.7 Å². The van der Waals surface area contributed by atoms with E-state index in [1.165, 1.54) is 12.1 Å². The Bertz CT molecular complexity index is 647. The summed E-state index contributed by atoms with van der Waals surface area (Å²) in [7, 11) is 0. The first kappa shape index (κ1) is 14.1. The fourth-order valence-corrected chi connectivity index (χ4v) is 1.83. The van der Waals surface area contributed by atoms with Gasteiger partial charge in [0.05, 0.1) is 5.56 Å². The van der Waals surface area contributed by atoms with Crippen molar-refractivity contribution in [3.8, 4) is 5.75 Å². The number of rotatable bonds is 4. The molecule has 3 N–H and O–H groups in total. The first-order chi connectivity index (χ1) is 9.60. The van der Waals surface area contributed by atoms with Gasteiger partial charge in [-0.25, -0.2) is 4.39 Å². The topological polar surface area (TPSA) is 67.8 Å². The molecule has 0 spiro atoms. The number of hydrogen-bond donors (Lipinski definition) is 2. The second kappa shape index (κ2) is 6.25. The van der Waals surface area contributed by atoms with Crippen molar-refractivity contribution in [3.05, 3.63) is 64.4 Å². The van der Waals surface area contributed by atoms with Crippen LogP contribution in [-0.2, 0) is 6.61 Å². The Morgan fingerprint density at radius 2 is 2.10 bits per heavy atom. The lowest BCUT2D eigenvalue weighted by atomic mass is 10.2. The molecule has 2 aromatic carbocycles. The molecule has 20 heavy (non-hydrogen) atoms. The molecule has 4 nitrogen and oxygen atoms in total. The van der Waals surface area contributed by atoms with Crippen LogP contribution in [0.4, 0.5) is 4.39 Å². The molecule has 0 aliphatic carbocycles. The zero-order valence-corrected chi connectivity index (χ0v) is 11.1.